The largest absolute Gasteiger partial charge is 0.356 e. The molecule has 0 bridgehead atoms. The van der Waals surface area contributed by atoms with Crippen molar-refractivity contribution in [2.75, 3.05) is 12.4 Å². The van der Waals surface area contributed by atoms with Crippen LogP contribution in [0.2, 0.25) is 0 Å². The van der Waals surface area contributed by atoms with Crippen molar-refractivity contribution in [3.8, 4) is 11.3 Å². The Balaban J connectivity index is 1.87. The molecule has 0 amide bonds. The molecule has 0 aliphatic heterocycles. The van der Waals surface area contributed by atoms with Crippen molar-refractivity contribution in [3.63, 3.8) is 0 Å². The van der Waals surface area contributed by atoms with E-state index in [0.717, 1.165) is 11.1 Å². The van der Waals surface area contributed by atoms with E-state index in [2.05, 4.69) is 25.4 Å². The van der Waals surface area contributed by atoms with Gasteiger partial charge in [0.1, 0.15) is 11.3 Å². The van der Waals surface area contributed by atoms with Crippen LogP contribution < -0.4 is 5.32 Å². The number of rotatable bonds is 4. The standard InChI is InChI=1S/C16H15F2N7/c1-9-21-12-4-3-11(22-15(12)24(9)8-14(17)18)10-5-6-25-13(10)7-20-16(19-2)23-25/h3-7,14H,8H2,1-2H3,(H,19,23). The Morgan fingerprint density at radius 1 is 1.20 bits per heavy atom. The number of nitrogens with one attached hydrogen (secondary N) is 1. The van der Waals surface area contributed by atoms with Crippen LogP contribution >= 0.6 is 0 Å². The fourth-order valence-electron chi connectivity index (χ4n) is 2.85. The van der Waals surface area contributed by atoms with Crippen LogP contribution in [-0.4, -0.2) is 42.6 Å². The van der Waals surface area contributed by atoms with Gasteiger partial charge in [-0.25, -0.2) is 28.2 Å². The van der Waals surface area contributed by atoms with Gasteiger partial charge in [-0.15, -0.1) is 5.10 Å². The summed E-state index contributed by atoms with van der Waals surface area (Å²) in [6.45, 7) is 1.27. The molecule has 1 N–H and O–H groups in total. The van der Waals surface area contributed by atoms with Crippen LogP contribution in [-0.2, 0) is 6.54 Å². The van der Waals surface area contributed by atoms with E-state index in [9.17, 15) is 8.78 Å². The van der Waals surface area contributed by atoms with Gasteiger partial charge in [-0.3, -0.25) is 0 Å². The molecule has 25 heavy (non-hydrogen) atoms. The Labute approximate surface area is 141 Å². The number of alkyl halides is 2. The number of imidazole rings is 1. The highest BCUT2D eigenvalue weighted by Crippen LogP contribution is 2.26. The number of nitrogens with zero attached hydrogens (tertiary/aromatic N) is 6. The molecule has 0 saturated carbocycles. The first kappa shape index (κ1) is 15.4. The third-order valence-electron chi connectivity index (χ3n) is 4.02. The minimum atomic E-state index is -2.47. The number of aromatic nitrogens is 6. The van der Waals surface area contributed by atoms with E-state index in [0.29, 0.717) is 28.6 Å². The fraction of sp³-hybridized carbons (Fsp3) is 0.250. The molecule has 0 atom stereocenters. The van der Waals surface area contributed by atoms with Crippen molar-refractivity contribution >= 4 is 22.6 Å². The normalized spacial score (nSPS) is 11.7. The van der Waals surface area contributed by atoms with E-state index in [4.69, 9.17) is 0 Å². The average molecular weight is 343 g/mol. The quantitative estimate of drug-likeness (QED) is 0.617. The van der Waals surface area contributed by atoms with E-state index in [1.807, 2.05) is 12.1 Å². The lowest BCUT2D eigenvalue weighted by Gasteiger charge is -2.06. The van der Waals surface area contributed by atoms with Gasteiger partial charge in [0.25, 0.3) is 6.43 Å². The maximum absolute atomic E-state index is 12.9. The third kappa shape index (κ3) is 2.57. The topological polar surface area (TPSA) is 72.9 Å². The second-order valence-electron chi connectivity index (χ2n) is 5.59. The highest BCUT2D eigenvalue weighted by molar-refractivity contribution is 5.82. The monoisotopic (exact) mass is 343 g/mol. The van der Waals surface area contributed by atoms with E-state index < -0.39 is 13.0 Å². The van der Waals surface area contributed by atoms with Crippen LogP contribution in [0.15, 0.2) is 30.6 Å². The zero-order valence-electron chi connectivity index (χ0n) is 13.6. The van der Waals surface area contributed by atoms with Gasteiger partial charge in [0.2, 0.25) is 5.95 Å². The Kier molecular flexibility index (Phi) is 3.56. The molecule has 4 heterocycles. The number of anilines is 1. The molecule has 0 aromatic carbocycles. The maximum Gasteiger partial charge on any atom is 0.256 e. The lowest BCUT2D eigenvalue weighted by Crippen LogP contribution is -2.08. The van der Waals surface area contributed by atoms with Gasteiger partial charge < -0.3 is 9.88 Å². The summed E-state index contributed by atoms with van der Waals surface area (Å²) in [6, 6.07) is 5.49. The van der Waals surface area contributed by atoms with Crippen molar-refractivity contribution < 1.29 is 8.78 Å². The molecule has 9 heteroatoms. The smallest absolute Gasteiger partial charge is 0.256 e. The minimum absolute atomic E-state index is 0.427. The fourth-order valence-corrected chi connectivity index (χ4v) is 2.85. The van der Waals surface area contributed by atoms with Crippen molar-refractivity contribution in [3.05, 3.63) is 36.4 Å². The molecular formula is C16H15F2N7. The van der Waals surface area contributed by atoms with Gasteiger partial charge in [0.15, 0.2) is 5.65 Å². The molecular weight excluding hydrogens is 328 g/mol. The van der Waals surface area contributed by atoms with Crippen molar-refractivity contribution in [2.45, 2.75) is 19.9 Å². The van der Waals surface area contributed by atoms with E-state index >= 15 is 0 Å². The summed E-state index contributed by atoms with van der Waals surface area (Å²) in [6.07, 6.45) is 1.04. The molecule has 4 aromatic rings. The predicted octanol–water partition coefficient (Wildman–Crippen LogP) is 2.76. The lowest BCUT2D eigenvalue weighted by molar-refractivity contribution is 0.127. The van der Waals surface area contributed by atoms with Crippen LogP contribution in [0.4, 0.5) is 14.7 Å². The zero-order chi connectivity index (χ0) is 17.6. The molecule has 0 spiro atoms. The van der Waals surface area contributed by atoms with E-state index in [1.54, 1.807) is 36.9 Å². The highest BCUT2D eigenvalue weighted by atomic mass is 19.3. The van der Waals surface area contributed by atoms with Crippen molar-refractivity contribution in [1.29, 1.82) is 0 Å². The number of halogens is 2. The average Bonchev–Trinajstić information content (AvgIpc) is 3.15. The van der Waals surface area contributed by atoms with Gasteiger partial charge in [0, 0.05) is 18.8 Å². The Morgan fingerprint density at radius 3 is 2.80 bits per heavy atom. The molecule has 0 aliphatic carbocycles. The summed E-state index contributed by atoms with van der Waals surface area (Å²) >= 11 is 0. The summed E-state index contributed by atoms with van der Waals surface area (Å²) in [5.41, 5.74) is 3.31. The number of hydrogen-bond acceptors (Lipinski definition) is 5. The van der Waals surface area contributed by atoms with E-state index in [1.165, 1.54) is 4.57 Å². The minimum Gasteiger partial charge on any atom is -0.356 e. The summed E-state index contributed by atoms with van der Waals surface area (Å²) < 4.78 is 28.9. The first-order valence-electron chi connectivity index (χ1n) is 7.71. The van der Waals surface area contributed by atoms with Gasteiger partial charge >= 0.3 is 0 Å². The lowest BCUT2D eigenvalue weighted by atomic mass is 10.2. The van der Waals surface area contributed by atoms with E-state index in [-0.39, 0.29) is 0 Å². The molecule has 0 aliphatic rings. The molecule has 4 rings (SSSR count). The molecule has 0 radical (unpaired) electrons. The van der Waals surface area contributed by atoms with Crippen molar-refractivity contribution in [2.24, 2.45) is 0 Å². The van der Waals surface area contributed by atoms with Gasteiger partial charge in [-0.05, 0) is 25.1 Å². The molecule has 0 unspecified atom stereocenters. The summed E-state index contributed by atoms with van der Waals surface area (Å²) in [5, 5.41) is 7.19. The summed E-state index contributed by atoms with van der Waals surface area (Å²) in [4.78, 5) is 13.1. The Hall–Kier alpha value is -3.10. The Morgan fingerprint density at radius 2 is 2.04 bits per heavy atom. The maximum atomic E-state index is 12.9. The molecule has 0 fully saturated rings. The Bertz CT molecular complexity index is 1070. The van der Waals surface area contributed by atoms with Gasteiger partial charge in [-0.2, -0.15) is 0 Å². The van der Waals surface area contributed by atoms with Gasteiger partial charge in [-0.1, -0.05) is 0 Å². The first-order chi connectivity index (χ1) is 12.1. The third-order valence-corrected chi connectivity index (χ3v) is 4.02. The molecule has 4 aromatic heterocycles. The van der Waals surface area contributed by atoms with Gasteiger partial charge in [0.05, 0.1) is 24.0 Å². The molecule has 128 valence electrons. The van der Waals surface area contributed by atoms with Crippen molar-refractivity contribution in [1.82, 2.24) is 29.1 Å². The molecule has 7 nitrogen and oxygen atoms in total. The summed E-state index contributed by atoms with van der Waals surface area (Å²) in [7, 11) is 1.74. The second-order valence-corrected chi connectivity index (χ2v) is 5.59. The number of fused-ring (bicyclic) bond motifs is 2. The van der Waals surface area contributed by atoms with Crippen LogP contribution in [0.25, 0.3) is 27.9 Å². The number of aryl methyl sites for hydroxylation is 1. The van der Waals surface area contributed by atoms with Crippen LogP contribution in [0.1, 0.15) is 5.82 Å². The van der Waals surface area contributed by atoms with Crippen LogP contribution in [0, 0.1) is 6.92 Å². The number of pyridine rings is 1. The SMILES string of the molecule is CNc1ncc2c(-c3ccc4nc(C)n(CC(F)F)c4n3)ccn2n1. The number of hydrogen-bond donors (Lipinski definition) is 1. The van der Waals surface area contributed by atoms with Crippen LogP contribution in [0.3, 0.4) is 0 Å². The van der Waals surface area contributed by atoms with Crippen LogP contribution in [0.5, 0.6) is 0 Å². The predicted molar refractivity (Wildman–Crippen MR) is 89.8 cm³/mol. The second kappa shape index (κ2) is 5.76. The summed E-state index contributed by atoms with van der Waals surface area (Å²) in [5.74, 6) is 1.02. The first-order valence-corrected chi connectivity index (χ1v) is 7.71. The molecule has 0 saturated heterocycles. The zero-order valence-corrected chi connectivity index (χ0v) is 13.6. The highest BCUT2D eigenvalue weighted by Gasteiger charge is 2.15.